The van der Waals surface area contributed by atoms with E-state index in [0.29, 0.717) is 24.4 Å². The van der Waals surface area contributed by atoms with E-state index in [-0.39, 0.29) is 5.92 Å². The number of nitrogens with zero attached hydrogens (tertiary/aromatic N) is 1. The fourth-order valence-corrected chi connectivity index (χ4v) is 3.45. The van der Waals surface area contributed by atoms with Gasteiger partial charge in [-0.05, 0) is 25.5 Å². The molecule has 0 aromatic heterocycles. The van der Waals surface area contributed by atoms with Crippen LogP contribution in [-0.2, 0) is 14.8 Å². The lowest BCUT2D eigenvalue weighted by Crippen LogP contribution is -2.29. The molecule has 0 spiro atoms. The van der Waals surface area contributed by atoms with Gasteiger partial charge in [-0.3, -0.25) is 0 Å². The summed E-state index contributed by atoms with van der Waals surface area (Å²) < 4.78 is 25.8. The zero-order chi connectivity index (χ0) is 12.5. The number of benzene rings is 1. The highest BCUT2D eigenvalue weighted by Crippen LogP contribution is 2.23. The molecule has 1 aliphatic heterocycles. The maximum atomic E-state index is 12.2. The summed E-state index contributed by atoms with van der Waals surface area (Å²) >= 11 is 0. The van der Waals surface area contributed by atoms with E-state index in [1.165, 1.54) is 4.31 Å². The molecule has 1 aliphatic rings. The van der Waals surface area contributed by atoms with E-state index in [1.807, 2.05) is 6.92 Å². The Morgan fingerprint density at radius 1 is 1.29 bits per heavy atom. The Morgan fingerprint density at radius 2 is 1.94 bits per heavy atom. The van der Waals surface area contributed by atoms with Crippen LogP contribution in [-0.4, -0.2) is 32.1 Å². The van der Waals surface area contributed by atoms with Crippen molar-refractivity contribution in [3.8, 4) is 0 Å². The van der Waals surface area contributed by atoms with Crippen LogP contribution in [0.4, 0.5) is 0 Å². The zero-order valence-electron chi connectivity index (χ0n) is 9.67. The highest BCUT2D eigenvalue weighted by molar-refractivity contribution is 7.89. The minimum atomic E-state index is -3.42. The third-order valence-electron chi connectivity index (χ3n) is 3.04. The molecule has 0 aliphatic carbocycles. The third kappa shape index (κ3) is 2.40. The van der Waals surface area contributed by atoms with Gasteiger partial charge in [0.2, 0.25) is 10.0 Å². The number of rotatable bonds is 3. The van der Waals surface area contributed by atoms with Crippen molar-refractivity contribution in [3.05, 3.63) is 29.8 Å². The van der Waals surface area contributed by atoms with Crippen molar-refractivity contribution < 1.29 is 13.2 Å². The number of carbonyl (C=O) groups is 1. The first kappa shape index (κ1) is 12.3. The highest BCUT2D eigenvalue weighted by Gasteiger charge is 2.32. The molecule has 2 rings (SSSR count). The molecule has 1 saturated heterocycles. The summed E-state index contributed by atoms with van der Waals surface area (Å²) in [7, 11) is -3.42. The molecule has 1 heterocycles. The first-order chi connectivity index (χ1) is 8.04. The molecule has 0 bridgehead atoms. The van der Waals surface area contributed by atoms with Gasteiger partial charge in [-0.1, -0.05) is 17.7 Å². The predicted octanol–water partition coefficient (Wildman–Crippen LogP) is 1.20. The smallest absolute Gasteiger partial charge is 0.243 e. The van der Waals surface area contributed by atoms with Crippen molar-refractivity contribution in [1.82, 2.24) is 4.31 Å². The largest absolute Gasteiger partial charge is 0.303 e. The number of aldehydes is 1. The summed E-state index contributed by atoms with van der Waals surface area (Å²) in [5, 5.41) is 0. The van der Waals surface area contributed by atoms with Crippen LogP contribution in [0, 0.1) is 12.8 Å². The van der Waals surface area contributed by atoms with Crippen LogP contribution in [0.1, 0.15) is 12.0 Å². The van der Waals surface area contributed by atoms with E-state index in [0.717, 1.165) is 11.8 Å². The van der Waals surface area contributed by atoms with Crippen LogP contribution in [0.25, 0.3) is 0 Å². The molecule has 4 nitrogen and oxygen atoms in total. The summed E-state index contributed by atoms with van der Waals surface area (Å²) in [6.45, 7) is 2.65. The fraction of sp³-hybridized carbons (Fsp3) is 0.417. The van der Waals surface area contributed by atoms with E-state index in [4.69, 9.17) is 0 Å². The number of hydrogen-bond acceptors (Lipinski definition) is 3. The van der Waals surface area contributed by atoms with Gasteiger partial charge >= 0.3 is 0 Å². The second-order valence-corrected chi connectivity index (χ2v) is 6.30. The average Bonchev–Trinajstić information content (AvgIpc) is 2.78. The maximum Gasteiger partial charge on any atom is 0.243 e. The summed E-state index contributed by atoms with van der Waals surface area (Å²) in [5.74, 6) is -0.157. The lowest BCUT2D eigenvalue weighted by Gasteiger charge is -2.15. The Morgan fingerprint density at radius 3 is 2.47 bits per heavy atom. The Bertz CT molecular complexity index is 507. The molecule has 1 atom stereocenters. The molecule has 0 saturated carbocycles. The second kappa shape index (κ2) is 4.58. The minimum Gasteiger partial charge on any atom is -0.303 e. The van der Waals surface area contributed by atoms with Gasteiger partial charge in [0.1, 0.15) is 6.29 Å². The van der Waals surface area contributed by atoms with Crippen molar-refractivity contribution in [2.75, 3.05) is 13.1 Å². The first-order valence-electron chi connectivity index (χ1n) is 5.56. The first-order valence-corrected chi connectivity index (χ1v) is 7.00. The van der Waals surface area contributed by atoms with Gasteiger partial charge < -0.3 is 4.79 Å². The van der Waals surface area contributed by atoms with Crippen molar-refractivity contribution in [1.29, 1.82) is 0 Å². The van der Waals surface area contributed by atoms with Crippen LogP contribution in [0.15, 0.2) is 29.2 Å². The zero-order valence-corrected chi connectivity index (χ0v) is 10.5. The van der Waals surface area contributed by atoms with Crippen LogP contribution in [0.2, 0.25) is 0 Å². The van der Waals surface area contributed by atoms with Crippen molar-refractivity contribution >= 4 is 16.3 Å². The molecule has 0 amide bonds. The maximum absolute atomic E-state index is 12.2. The monoisotopic (exact) mass is 253 g/mol. The van der Waals surface area contributed by atoms with Crippen LogP contribution >= 0.6 is 0 Å². The third-order valence-corrected chi connectivity index (χ3v) is 4.92. The molecule has 17 heavy (non-hydrogen) atoms. The van der Waals surface area contributed by atoms with Crippen molar-refractivity contribution in [2.24, 2.45) is 5.92 Å². The SMILES string of the molecule is Cc1ccc(S(=O)(=O)N2CCC(C=O)C2)cc1. The average molecular weight is 253 g/mol. The number of sulfonamides is 1. The quantitative estimate of drug-likeness (QED) is 0.761. The minimum absolute atomic E-state index is 0.157. The van der Waals surface area contributed by atoms with Gasteiger partial charge in [0.05, 0.1) is 4.90 Å². The molecule has 1 aromatic carbocycles. The number of carbonyl (C=O) groups excluding carboxylic acids is 1. The topological polar surface area (TPSA) is 54.5 Å². The Labute approximate surface area is 101 Å². The van der Waals surface area contributed by atoms with E-state index < -0.39 is 10.0 Å². The lowest BCUT2D eigenvalue weighted by molar-refractivity contribution is -0.110. The van der Waals surface area contributed by atoms with Crippen molar-refractivity contribution in [3.63, 3.8) is 0 Å². The molecule has 92 valence electrons. The lowest BCUT2D eigenvalue weighted by atomic mass is 10.2. The second-order valence-electron chi connectivity index (χ2n) is 4.36. The molecule has 1 fully saturated rings. The predicted molar refractivity (Wildman–Crippen MR) is 64.1 cm³/mol. The summed E-state index contributed by atoms with van der Waals surface area (Å²) in [4.78, 5) is 10.9. The van der Waals surface area contributed by atoms with E-state index in [9.17, 15) is 13.2 Å². The van der Waals surface area contributed by atoms with Gasteiger partial charge in [-0.25, -0.2) is 8.42 Å². The Kier molecular flexibility index (Phi) is 3.31. The van der Waals surface area contributed by atoms with Crippen LogP contribution in [0.5, 0.6) is 0 Å². The van der Waals surface area contributed by atoms with Crippen LogP contribution in [0.3, 0.4) is 0 Å². The Balaban J connectivity index is 2.25. The van der Waals surface area contributed by atoms with E-state index >= 15 is 0 Å². The normalized spacial score (nSPS) is 21.6. The molecular formula is C12H15NO3S. The molecular weight excluding hydrogens is 238 g/mol. The molecule has 0 N–H and O–H groups in total. The molecule has 1 unspecified atom stereocenters. The van der Waals surface area contributed by atoms with Crippen molar-refractivity contribution in [2.45, 2.75) is 18.2 Å². The Hall–Kier alpha value is -1.20. The standard InChI is InChI=1S/C12H15NO3S/c1-10-2-4-12(5-3-10)17(15,16)13-7-6-11(8-13)9-14/h2-5,9,11H,6-8H2,1H3. The van der Waals surface area contributed by atoms with Gasteiger partial charge in [-0.2, -0.15) is 4.31 Å². The van der Waals surface area contributed by atoms with E-state index in [1.54, 1.807) is 24.3 Å². The van der Waals surface area contributed by atoms with Gasteiger partial charge in [0.25, 0.3) is 0 Å². The van der Waals surface area contributed by atoms with E-state index in [2.05, 4.69) is 0 Å². The van der Waals surface area contributed by atoms with Gasteiger partial charge in [0.15, 0.2) is 0 Å². The van der Waals surface area contributed by atoms with Crippen LogP contribution < -0.4 is 0 Å². The highest BCUT2D eigenvalue weighted by atomic mass is 32.2. The number of hydrogen-bond donors (Lipinski definition) is 0. The summed E-state index contributed by atoms with van der Waals surface area (Å²) in [5.41, 5.74) is 1.02. The summed E-state index contributed by atoms with van der Waals surface area (Å²) in [6.07, 6.45) is 1.46. The number of aryl methyl sites for hydroxylation is 1. The summed E-state index contributed by atoms with van der Waals surface area (Å²) in [6, 6.07) is 6.78. The molecule has 0 radical (unpaired) electrons. The van der Waals surface area contributed by atoms with Gasteiger partial charge in [-0.15, -0.1) is 0 Å². The molecule has 1 aromatic rings. The van der Waals surface area contributed by atoms with Gasteiger partial charge in [0, 0.05) is 19.0 Å². The fourth-order valence-electron chi connectivity index (χ4n) is 1.94. The molecule has 5 heteroatoms.